The number of likely N-dealkylation sites (tertiary alicyclic amines) is 1. The maximum absolute atomic E-state index is 12.9. The standard InChI is InChI=1S/C25H27N3O5/c1-30-19-7-4-17(5-8-19)21(28-10-2-3-11-28)16-26-25(29)20-15-23(33-27-20)18-6-9-22-24(14-18)32-13-12-31-22/h4-9,14-15,21H,2-3,10-13,16H2,1H3,(H,26,29)/t21-/m1/s1. The fraction of sp³-hybridized carbons (Fsp3) is 0.360. The highest BCUT2D eigenvalue weighted by atomic mass is 16.6. The number of hydrogen-bond donors (Lipinski definition) is 1. The number of benzene rings is 2. The van der Waals surface area contributed by atoms with E-state index in [1.165, 1.54) is 12.8 Å². The zero-order valence-corrected chi connectivity index (χ0v) is 18.6. The lowest BCUT2D eigenvalue weighted by Crippen LogP contribution is -2.36. The molecule has 1 aromatic heterocycles. The zero-order valence-electron chi connectivity index (χ0n) is 18.6. The van der Waals surface area contributed by atoms with Crippen molar-refractivity contribution in [2.45, 2.75) is 18.9 Å². The Hall–Kier alpha value is -3.52. The Labute approximate surface area is 192 Å². The van der Waals surface area contributed by atoms with Crippen molar-refractivity contribution in [1.82, 2.24) is 15.4 Å². The minimum atomic E-state index is -0.264. The maximum atomic E-state index is 12.9. The first-order valence-electron chi connectivity index (χ1n) is 11.2. The molecule has 1 amide bonds. The zero-order chi connectivity index (χ0) is 22.6. The van der Waals surface area contributed by atoms with Crippen LogP contribution in [0.25, 0.3) is 11.3 Å². The first-order chi connectivity index (χ1) is 16.2. The van der Waals surface area contributed by atoms with Crippen molar-refractivity contribution in [3.8, 4) is 28.6 Å². The summed E-state index contributed by atoms with van der Waals surface area (Å²) in [6.45, 7) is 3.56. The molecule has 3 aromatic rings. The van der Waals surface area contributed by atoms with Crippen molar-refractivity contribution in [1.29, 1.82) is 0 Å². The van der Waals surface area contributed by atoms with Gasteiger partial charge in [0.1, 0.15) is 19.0 Å². The lowest BCUT2D eigenvalue weighted by atomic mass is 10.1. The van der Waals surface area contributed by atoms with E-state index >= 15 is 0 Å². The summed E-state index contributed by atoms with van der Waals surface area (Å²) in [7, 11) is 1.66. The Bertz CT molecular complexity index is 1110. The van der Waals surface area contributed by atoms with Crippen molar-refractivity contribution >= 4 is 5.91 Å². The van der Waals surface area contributed by atoms with Gasteiger partial charge in [-0.25, -0.2) is 0 Å². The third-order valence-corrected chi connectivity index (χ3v) is 6.11. The van der Waals surface area contributed by atoms with E-state index in [-0.39, 0.29) is 17.6 Å². The van der Waals surface area contributed by atoms with Gasteiger partial charge in [-0.05, 0) is 61.8 Å². The first kappa shape index (κ1) is 21.3. The molecule has 8 nitrogen and oxygen atoms in total. The molecule has 1 atom stereocenters. The fourth-order valence-corrected chi connectivity index (χ4v) is 4.33. The van der Waals surface area contributed by atoms with Crippen molar-refractivity contribution in [2.75, 3.05) is 40.0 Å². The van der Waals surface area contributed by atoms with Crippen LogP contribution in [0.1, 0.15) is 34.9 Å². The van der Waals surface area contributed by atoms with Gasteiger partial charge >= 0.3 is 0 Å². The predicted octanol–water partition coefficient (Wildman–Crippen LogP) is 3.69. The second-order valence-corrected chi connectivity index (χ2v) is 8.18. The quantitative estimate of drug-likeness (QED) is 0.589. The van der Waals surface area contributed by atoms with Gasteiger partial charge in [-0.3, -0.25) is 9.69 Å². The first-order valence-corrected chi connectivity index (χ1v) is 11.2. The van der Waals surface area contributed by atoms with Crippen LogP contribution in [0, 0.1) is 0 Å². The molecular formula is C25H27N3O5. The second-order valence-electron chi connectivity index (χ2n) is 8.18. The Kier molecular flexibility index (Phi) is 6.17. The molecule has 2 aliphatic heterocycles. The highest BCUT2D eigenvalue weighted by Crippen LogP contribution is 2.34. The lowest BCUT2D eigenvalue weighted by molar-refractivity contribution is 0.0929. The molecule has 172 valence electrons. The van der Waals surface area contributed by atoms with Crippen molar-refractivity contribution < 1.29 is 23.5 Å². The number of rotatable bonds is 7. The molecule has 1 saturated heterocycles. The van der Waals surface area contributed by atoms with Gasteiger partial charge in [0.2, 0.25) is 0 Å². The van der Waals surface area contributed by atoms with E-state index in [2.05, 4.69) is 27.5 Å². The average molecular weight is 450 g/mol. The third kappa shape index (κ3) is 4.66. The van der Waals surface area contributed by atoms with Crippen LogP contribution in [0.4, 0.5) is 0 Å². The Morgan fingerprint density at radius 2 is 1.82 bits per heavy atom. The molecule has 3 heterocycles. The number of methoxy groups -OCH3 is 1. The number of nitrogens with zero attached hydrogens (tertiary/aromatic N) is 2. The van der Waals surface area contributed by atoms with Crippen molar-refractivity contribution in [3.05, 3.63) is 59.8 Å². The van der Waals surface area contributed by atoms with Crippen LogP contribution in [0.5, 0.6) is 17.2 Å². The number of ether oxygens (including phenoxy) is 3. The van der Waals surface area contributed by atoms with Crippen LogP contribution in [-0.2, 0) is 0 Å². The summed E-state index contributed by atoms with van der Waals surface area (Å²) in [6, 6.07) is 15.3. The molecule has 33 heavy (non-hydrogen) atoms. The Morgan fingerprint density at radius 1 is 1.06 bits per heavy atom. The topological polar surface area (TPSA) is 86.1 Å². The number of carbonyl (C=O) groups excluding carboxylic acids is 1. The molecule has 0 unspecified atom stereocenters. The van der Waals surface area contributed by atoms with E-state index in [1.54, 1.807) is 13.2 Å². The Morgan fingerprint density at radius 3 is 2.58 bits per heavy atom. The van der Waals surface area contributed by atoms with Crippen LogP contribution in [0.15, 0.2) is 53.1 Å². The van der Waals surface area contributed by atoms with E-state index in [4.69, 9.17) is 18.7 Å². The molecule has 2 aromatic carbocycles. The van der Waals surface area contributed by atoms with E-state index in [9.17, 15) is 4.79 Å². The summed E-state index contributed by atoms with van der Waals surface area (Å²) in [5, 5.41) is 7.02. The summed E-state index contributed by atoms with van der Waals surface area (Å²) in [4.78, 5) is 15.3. The van der Waals surface area contributed by atoms with E-state index < -0.39 is 0 Å². The third-order valence-electron chi connectivity index (χ3n) is 6.11. The Balaban J connectivity index is 1.28. The van der Waals surface area contributed by atoms with Crippen LogP contribution in [-0.4, -0.2) is 55.9 Å². The maximum Gasteiger partial charge on any atom is 0.273 e. The fourth-order valence-electron chi connectivity index (χ4n) is 4.33. The minimum Gasteiger partial charge on any atom is -0.497 e. The number of hydrogen-bond acceptors (Lipinski definition) is 7. The molecular weight excluding hydrogens is 422 g/mol. The summed E-state index contributed by atoms with van der Waals surface area (Å²) < 4.78 is 21.9. The van der Waals surface area contributed by atoms with Gasteiger partial charge in [0.15, 0.2) is 23.0 Å². The van der Waals surface area contributed by atoms with Crippen LogP contribution < -0.4 is 19.5 Å². The molecule has 5 rings (SSSR count). The number of carbonyl (C=O) groups is 1. The smallest absolute Gasteiger partial charge is 0.273 e. The van der Waals surface area contributed by atoms with Gasteiger partial charge < -0.3 is 24.1 Å². The normalized spacial score (nSPS) is 16.4. The van der Waals surface area contributed by atoms with Crippen LogP contribution >= 0.6 is 0 Å². The largest absolute Gasteiger partial charge is 0.497 e. The average Bonchev–Trinajstić information content (AvgIpc) is 3.57. The van der Waals surface area contributed by atoms with Crippen LogP contribution in [0.3, 0.4) is 0 Å². The van der Waals surface area contributed by atoms with E-state index in [0.717, 1.165) is 30.0 Å². The molecule has 0 radical (unpaired) electrons. The monoisotopic (exact) mass is 449 g/mol. The highest BCUT2D eigenvalue weighted by molar-refractivity contribution is 5.93. The van der Waals surface area contributed by atoms with Gasteiger partial charge in [0, 0.05) is 18.2 Å². The van der Waals surface area contributed by atoms with E-state index in [0.29, 0.717) is 37.0 Å². The summed E-state index contributed by atoms with van der Waals surface area (Å²) >= 11 is 0. The number of amides is 1. The van der Waals surface area contributed by atoms with Gasteiger partial charge in [-0.2, -0.15) is 0 Å². The van der Waals surface area contributed by atoms with Crippen molar-refractivity contribution in [2.24, 2.45) is 0 Å². The minimum absolute atomic E-state index is 0.0894. The summed E-state index contributed by atoms with van der Waals surface area (Å²) in [5.41, 5.74) is 2.17. The molecule has 8 heteroatoms. The van der Waals surface area contributed by atoms with Gasteiger partial charge in [-0.15, -0.1) is 0 Å². The number of fused-ring (bicyclic) bond motifs is 1. The molecule has 0 aliphatic carbocycles. The summed E-state index contributed by atoms with van der Waals surface area (Å²) in [6.07, 6.45) is 2.34. The van der Waals surface area contributed by atoms with Gasteiger partial charge in [0.25, 0.3) is 5.91 Å². The molecule has 1 N–H and O–H groups in total. The highest BCUT2D eigenvalue weighted by Gasteiger charge is 2.25. The molecule has 0 saturated carbocycles. The molecule has 1 fully saturated rings. The lowest BCUT2D eigenvalue weighted by Gasteiger charge is -2.28. The van der Waals surface area contributed by atoms with Gasteiger partial charge in [0.05, 0.1) is 13.2 Å². The van der Waals surface area contributed by atoms with Crippen molar-refractivity contribution in [3.63, 3.8) is 0 Å². The van der Waals surface area contributed by atoms with Gasteiger partial charge in [-0.1, -0.05) is 17.3 Å². The summed E-state index contributed by atoms with van der Waals surface area (Å²) in [5.74, 6) is 2.42. The predicted molar refractivity (Wildman–Crippen MR) is 122 cm³/mol. The molecule has 2 aliphatic rings. The number of nitrogens with one attached hydrogen (secondary N) is 1. The van der Waals surface area contributed by atoms with E-state index in [1.807, 2.05) is 30.3 Å². The van der Waals surface area contributed by atoms with Crippen LogP contribution in [0.2, 0.25) is 0 Å². The molecule has 0 bridgehead atoms. The molecule has 0 spiro atoms. The number of aromatic nitrogens is 1. The second kappa shape index (κ2) is 9.54. The SMILES string of the molecule is COc1ccc([C@@H](CNC(=O)c2cc(-c3ccc4c(c3)OCCO4)on2)N2CCCC2)cc1.